The smallest absolute Gasteiger partial charge is 0.257 e. The second-order valence-electron chi connectivity index (χ2n) is 7.61. The molecule has 1 aliphatic heterocycles. The van der Waals surface area contributed by atoms with Crippen molar-refractivity contribution in [2.24, 2.45) is 0 Å². The zero-order valence-electron chi connectivity index (χ0n) is 17.3. The van der Waals surface area contributed by atoms with Gasteiger partial charge in [0.1, 0.15) is 12.3 Å². The predicted octanol–water partition coefficient (Wildman–Crippen LogP) is 2.21. The standard InChI is InChI=1S/C23H23BrN4O4/c24-17-6-5-16-7-8-28(19(16)13-17)15-21(30)25-14-22(31)26-9-11-27(12-10-26)23(32)18-3-1-2-4-20(18)29/h1-8,13,29H,9-12,14-15H2,(H,25,30). The number of benzene rings is 2. The summed E-state index contributed by atoms with van der Waals surface area (Å²) >= 11 is 3.44. The average Bonchev–Trinajstić information content (AvgIpc) is 3.19. The number of aromatic nitrogens is 1. The van der Waals surface area contributed by atoms with Crippen LogP contribution < -0.4 is 5.32 Å². The van der Waals surface area contributed by atoms with E-state index in [0.717, 1.165) is 15.4 Å². The molecule has 166 valence electrons. The Kier molecular flexibility index (Phi) is 6.45. The Balaban J connectivity index is 1.26. The van der Waals surface area contributed by atoms with Crippen LogP contribution in [0.1, 0.15) is 10.4 Å². The number of carbonyl (C=O) groups excluding carboxylic acids is 3. The summed E-state index contributed by atoms with van der Waals surface area (Å²) < 4.78 is 2.77. The van der Waals surface area contributed by atoms with Crippen LogP contribution in [-0.4, -0.2) is 69.9 Å². The van der Waals surface area contributed by atoms with E-state index in [-0.39, 0.29) is 42.1 Å². The highest BCUT2D eigenvalue weighted by molar-refractivity contribution is 9.10. The van der Waals surface area contributed by atoms with Crippen molar-refractivity contribution in [1.29, 1.82) is 0 Å². The number of piperazine rings is 1. The van der Waals surface area contributed by atoms with Crippen LogP contribution in [0.25, 0.3) is 10.9 Å². The maximum Gasteiger partial charge on any atom is 0.257 e. The molecule has 1 aromatic heterocycles. The van der Waals surface area contributed by atoms with E-state index in [1.807, 2.05) is 35.0 Å². The number of phenolic OH excluding ortho intramolecular Hbond substituents is 1. The van der Waals surface area contributed by atoms with Gasteiger partial charge < -0.3 is 24.8 Å². The molecule has 0 aliphatic carbocycles. The van der Waals surface area contributed by atoms with Gasteiger partial charge >= 0.3 is 0 Å². The van der Waals surface area contributed by atoms with Crippen molar-refractivity contribution in [1.82, 2.24) is 19.7 Å². The topological polar surface area (TPSA) is 94.9 Å². The van der Waals surface area contributed by atoms with Gasteiger partial charge in [0.05, 0.1) is 12.1 Å². The molecule has 3 amide bonds. The highest BCUT2D eigenvalue weighted by Crippen LogP contribution is 2.21. The van der Waals surface area contributed by atoms with Crippen molar-refractivity contribution in [3.8, 4) is 5.75 Å². The summed E-state index contributed by atoms with van der Waals surface area (Å²) in [5.41, 5.74) is 1.19. The number of amides is 3. The summed E-state index contributed by atoms with van der Waals surface area (Å²) in [5.74, 6) is -0.743. The molecule has 1 saturated heterocycles. The predicted molar refractivity (Wildman–Crippen MR) is 123 cm³/mol. The van der Waals surface area contributed by atoms with Crippen LogP contribution in [0, 0.1) is 0 Å². The van der Waals surface area contributed by atoms with Crippen LogP contribution in [0.5, 0.6) is 5.75 Å². The van der Waals surface area contributed by atoms with Crippen molar-refractivity contribution < 1.29 is 19.5 Å². The van der Waals surface area contributed by atoms with Crippen molar-refractivity contribution in [3.63, 3.8) is 0 Å². The molecule has 1 fully saturated rings. The first-order chi connectivity index (χ1) is 15.4. The molecule has 0 atom stereocenters. The van der Waals surface area contributed by atoms with Gasteiger partial charge in [-0.3, -0.25) is 14.4 Å². The van der Waals surface area contributed by atoms with E-state index < -0.39 is 0 Å². The van der Waals surface area contributed by atoms with E-state index in [2.05, 4.69) is 21.2 Å². The van der Waals surface area contributed by atoms with E-state index in [4.69, 9.17) is 0 Å². The monoisotopic (exact) mass is 498 g/mol. The maximum absolute atomic E-state index is 12.6. The Morgan fingerprint density at radius 3 is 2.44 bits per heavy atom. The van der Waals surface area contributed by atoms with Crippen LogP contribution >= 0.6 is 15.9 Å². The number of hydrogen-bond acceptors (Lipinski definition) is 4. The van der Waals surface area contributed by atoms with Gasteiger partial charge in [0.2, 0.25) is 11.8 Å². The molecule has 0 spiro atoms. The molecule has 2 heterocycles. The first-order valence-corrected chi connectivity index (χ1v) is 11.1. The fourth-order valence-electron chi connectivity index (χ4n) is 3.78. The molecule has 4 rings (SSSR count). The van der Waals surface area contributed by atoms with E-state index in [1.54, 1.807) is 28.0 Å². The summed E-state index contributed by atoms with van der Waals surface area (Å²) in [6, 6.07) is 14.2. The lowest BCUT2D eigenvalue weighted by molar-refractivity contribution is -0.134. The number of hydrogen-bond donors (Lipinski definition) is 2. The normalized spacial score (nSPS) is 13.9. The molecule has 32 heavy (non-hydrogen) atoms. The molecule has 0 unspecified atom stereocenters. The van der Waals surface area contributed by atoms with Gasteiger partial charge in [0.25, 0.3) is 5.91 Å². The second-order valence-corrected chi connectivity index (χ2v) is 8.53. The third kappa shape index (κ3) is 4.77. The van der Waals surface area contributed by atoms with Crippen molar-refractivity contribution in [2.75, 3.05) is 32.7 Å². The number of phenols is 1. The first kappa shape index (κ1) is 21.9. The fourth-order valence-corrected chi connectivity index (χ4v) is 4.12. The first-order valence-electron chi connectivity index (χ1n) is 10.3. The minimum absolute atomic E-state index is 0.0541. The van der Waals surface area contributed by atoms with Crippen molar-refractivity contribution in [3.05, 3.63) is 64.8 Å². The molecular weight excluding hydrogens is 476 g/mol. The van der Waals surface area contributed by atoms with Gasteiger partial charge in [0, 0.05) is 42.4 Å². The molecule has 2 aromatic carbocycles. The fraction of sp³-hybridized carbons (Fsp3) is 0.261. The number of nitrogens with zero attached hydrogens (tertiary/aromatic N) is 3. The van der Waals surface area contributed by atoms with Gasteiger partial charge in [0.15, 0.2) is 0 Å². The quantitative estimate of drug-likeness (QED) is 0.563. The summed E-state index contributed by atoms with van der Waals surface area (Å²) in [6.45, 7) is 1.54. The molecule has 3 aromatic rings. The van der Waals surface area contributed by atoms with Crippen LogP contribution in [-0.2, 0) is 16.1 Å². The Morgan fingerprint density at radius 1 is 0.969 bits per heavy atom. The zero-order chi connectivity index (χ0) is 22.7. The molecule has 1 aliphatic rings. The summed E-state index contributed by atoms with van der Waals surface area (Å²) in [7, 11) is 0. The Morgan fingerprint density at radius 2 is 1.69 bits per heavy atom. The number of aromatic hydroxyl groups is 1. The van der Waals surface area contributed by atoms with Crippen LogP contribution in [0.15, 0.2) is 59.2 Å². The van der Waals surface area contributed by atoms with E-state index in [0.29, 0.717) is 26.2 Å². The van der Waals surface area contributed by atoms with E-state index in [1.165, 1.54) is 6.07 Å². The lowest BCUT2D eigenvalue weighted by Gasteiger charge is -2.35. The molecule has 2 N–H and O–H groups in total. The molecule has 8 nitrogen and oxygen atoms in total. The number of carbonyl (C=O) groups is 3. The summed E-state index contributed by atoms with van der Waals surface area (Å²) in [6.07, 6.45) is 1.85. The van der Waals surface area contributed by atoms with Crippen LogP contribution in [0.2, 0.25) is 0 Å². The minimum atomic E-state index is -0.255. The summed E-state index contributed by atoms with van der Waals surface area (Å²) in [4.78, 5) is 40.7. The highest BCUT2D eigenvalue weighted by atomic mass is 79.9. The average molecular weight is 499 g/mol. The van der Waals surface area contributed by atoms with Crippen LogP contribution in [0.4, 0.5) is 0 Å². The Labute approximate surface area is 193 Å². The van der Waals surface area contributed by atoms with Crippen molar-refractivity contribution in [2.45, 2.75) is 6.54 Å². The largest absolute Gasteiger partial charge is 0.507 e. The molecule has 9 heteroatoms. The third-order valence-corrected chi connectivity index (χ3v) is 6.03. The highest BCUT2D eigenvalue weighted by Gasteiger charge is 2.26. The van der Waals surface area contributed by atoms with Crippen molar-refractivity contribution >= 4 is 44.6 Å². The zero-order valence-corrected chi connectivity index (χ0v) is 18.9. The van der Waals surface area contributed by atoms with E-state index in [9.17, 15) is 19.5 Å². The van der Waals surface area contributed by atoms with Gasteiger partial charge in [-0.1, -0.05) is 34.1 Å². The van der Waals surface area contributed by atoms with Gasteiger partial charge in [-0.25, -0.2) is 0 Å². The Bertz CT molecular complexity index is 1170. The number of fused-ring (bicyclic) bond motifs is 1. The van der Waals surface area contributed by atoms with Gasteiger partial charge in [-0.05, 0) is 35.7 Å². The minimum Gasteiger partial charge on any atom is -0.507 e. The second kappa shape index (κ2) is 9.44. The molecule has 0 saturated carbocycles. The lowest BCUT2D eigenvalue weighted by atomic mass is 10.1. The molecule has 0 bridgehead atoms. The summed E-state index contributed by atoms with van der Waals surface area (Å²) in [5, 5.41) is 13.6. The van der Waals surface area contributed by atoms with Crippen LogP contribution in [0.3, 0.4) is 0 Å². The number of rotatable bonds is 5. The molecular formula is C23H23BrN4O4. The number of halogens is 1. The lowest BCUT2D eigenvalue weighted by Crippen LogP contribution is -2.52. The number of para-hydroxylation sites is 1. The molecule has 0 radical (unpaired) electrons. The Hall–Kier alpha value is -3.33. The number of nitrogens with one attached hydrogen (secondary N) is 1. The third-order valence-electron chi connectivity index (χ3n) is 5.54. The van der Waals surface area contributed by atoms with Gasteiger partial charge in [-0.15, -0.1) is 0 Å². The SMILES string of the molecule is O=C(Cn1ccc2ccc(Br)cc21)NCC(=O)N1CCN(C(=O)c2ccccc2O)CC1. The van der Waals surface area contributed by atoms with Gasteiger partial charge in [-0.2, -0.15) is 0 Å². The maximum atomic E-state index is 12.6. The van der Waals surface area contributed by atoms with E-state index >= 15 is 0 Å².